The second-order valence-corrected chi connectivity index (χ2v) is 10.5. The van der Waals surface area contributed by atoms with Crippen LogP contribution in [0.25, 0.3) is 0 Å². The van der Waals surface area contributed by atoms with Gasteiger partial charge in [0.05, 0.1) is 0 Å². The van der Waals surface area contributed by atoms with Crippen LogP contribution in [-0.4, -0.2) is 47.0 Å². The summed E-state index contributed by atoms with van der Waals surface area (Å²) in [6.45, 7) is 8.01. The van der Waals surface area contributed by atoms with Crippen molar-refractivity contribution >= 4 is 28.9 Å². The van der Waals surface area contributed by atoms with Gasteiger partial charge < -0.3 is 15.1 Å². The van der Waals surface area contributed by atoms with Crippen LogP contribution in [0.1, 0.15) is 48.3 Å². The van der Waals surface area contributed by atoms with E-state index >= 15 is 0 Å². The Morgan fingerprint density at radius 2 is 1.59 bits per heavy atom. The molecule has 168 valence electrons. The Morgan fingerprint density at radius 1 is 0.969 bits per heavy atom. The summed E-state index contributed by atoms with van der Waals surface area (Å²) < 4.78 is 0. The van der Waals surface area contributed by atoms with Crippen molar-refractivity contribution in [2.24, 2.45) is 11.3 Å². The Balaban J connectivity index is 1.13. The molecule has 2 heterocycles. The van der Waals surface area contributed by atoms with Gasteiger partial charge in [0, 0.05) is 37.8 Å². The van der Waals surface area contributed by atoms with Crippen LogP contribution in [0, 0.1) is 25.2 Å². The van der Waals surface area contributed by atoms with Crippen molar-refractivity contribution in [2.75, 3.05) is 31.5 Å². The summed E-state index contributed by atoms with van der Waals surface area (Å²) in [5.41, 5.74) is 5.15. The SMILES string of the molecule is Cc1cc(C)cc(NC(=S)N2CCC3(CCN(C(=O)[C@@H]4C[C@H]4c4ccccc4)C3)CC2)c1. The average molecular weight is 448 g/mol. The van der Waals surface area contributed by atoms with Gasteiger partial charge in [-0.05, 0) is 91.9 Å². The molecular formula is C27H33N3OS. The standard InChI is InChI=1S/C27H33N3OS/c1-19-14-20(2)16-22(15-19)28-26(32)29-11-8-27(9-12-29)10-13-30(18-27)25(31)24-17-23(24)21-6-4-3-5-7-21/h3-7,14-16,23-24H,8-13,17-18H2,1-2H3,(H,28,32)/t23-,24+/m0/s1. The third-order valence-electron chi connectivity index (χ3n) is 7.67. The molecule has 4 nitrogen and oxygen atoms in total. The van der Waals surface area contributed by atoms with E-state index in [9.17, 15) is 4.79 Å². The number of aryl methyl sites for hydroxylation is 2. The van der Waals surface area contributed by atoms with Gasteiger partial charge in [0.15, 0.2) is 5.11 Å². The van der Waals surface area contributed by atoms with E-state index in [1.54, 1.807) is 0 Å². The molecule has 0 unspecified atom stereocenters. The molecule has 2 aromatic rings. The van der Waals surface area contributed by atoms with Gasteiger partial charge in [0.1, 0.15) is 0 Å². The quantitative estimate of drug-likeness (QED) is 0.663. The van der Waals surface area contributed by atoms with Crippen molar-refractivity contribution in [1.82, 2.24) is 9.80 Å². The molecule has 32 heavy (non-hydrogen) atoms. The van der Waals surface area contributed by atoms with E-state index in [1.165, 1.54) is 16.7 Å². The molecule has 1 N–H and O–H groups in total. The summed E-state index contributed by atoms with van der Waals surface area (Å²) >= 11 is 5.72. The number of carbonyl (C=O) groups is 1. The van der Waals surface area contributed by atoms with E-state index < -0.39 is 0 Å². The number of rotatable bonds is 3. The zero-order valence-corrected chi connectivity index (χ0v) is 20.0. The van der Waals surface area contributed by atoms with Crippen molar-refractivity contribution in [3.05, 3.63) is 65.2 Å². The van der Waals surface area contributed by atoms with Gasteiger partial charge in [0.25, 0.3) is 0 Å². The summed E-state index contributed by atoms with van der Waals surface area (Å²) in [5, 5.41) is 4.25. The Labute approximate surface area is 197 Å². The average Bonchev–Trinajstić information content (AvgIpc) is 3.48. The molecule has 0 bridgehead atoms. The minimum absolute atomic E-state index is 0.196. The first kappa shape index (κ1) is 21.4. The van der Waals surface area contributed by atoms with Crippen LogP contribution in [0.15, 0.2) is 48.5 Å². The molecule has 3 fully saturated rings. The Kier molecular flexibility index (Phi) is 5.70. The molecule has 5 heteroatoms. The third kappa shape index (κ3) is 4.40. The van der Waals surface area contributed by atoms with Crippen molar-refractivity contribution in [1.29, 1.82) is 0 Å². The minimum Gasteiger partial charge on any atom is -0.349 e. The zero-order chi connectivity index (χ0) is 22.3. The van der Waals surface area contributed by atoms with Crippen LogP contribution in [0.3, 0.4) is 0 Å². The number of benzene rings is 2. The molecule has 2 saturated heterocycles. The van der Waals surface area contributed by atoms with Crippen LogP contribution in [0.2, 0.25) is 0 Å². The maximum atomic E-state index is 13.1. The minimum atomic E-state index is 0.196. The number of piperidine rings is 1. The molecule has 2 atom stereocenters. The number of hydrogen-bond acceptors (Lipinski definition) is 2. The fraction of sp³-hybridized carbons (Fsp3) is 0.481. The number of anilines is 1. The monoisotopic (exact) mass is 447 g/mol. The smallest absolute Gasteiger partial charge is 0.226 e. The number of hydrogen-bond donors (Lipinski definition) is 1. The van der Waals surface area contributed by atoms with Gasteiger partial charge in [-0.3, -0.25) is 4.79 Å². The lowest BCUT2D eigenvalue weighted by Gasteiger charge is -2.40. The molecule has 1 spiro atoms. The summed E-state index contributed by atoms with van der Waals surface area (Å²) in [6, 6.07) is 17.0. The number of thiocarbonyl (C=S) groups is 1. The van der Waals surface area contributed by atoms with Crippen LogP contribution >= 0.6 is 12.2 Å². The largest absolute Gasteiger partial charge is 0.349 e. The van der Waals surface area contributed by atoms with Gasteiger partial charge in [-0.1, -0.05) is 36.4 Å². The van der Waals surface area contributed by atoms with E-state index in [0.29, 0.717) is 11.8 Å². The Bertz CT molecular complexity index is 993. The lowest BCUT2D eigenvalue weighted by Crippen LogP contribution is -2.46. The summed E-state index contributed by atoms with van der Waals surface area (Å²) in [5.74, 6) is 1.00. The van der Waals surface area contributed by atoms with Gasteiger partial charge in [-0.15, -0.1) is 0 Å². The predicted octanol–water partition coefficient (Wildman–Crippen LogP) is 5.12. The molecule has 0 aromatic heterocycles. The molecule has 1 amide bonds. The van der Waals surface area contributed by atoms with E-state index in [0.717, 1.165) is 62.7 Å². The van der Waals surface area contributed by atoms with Crippen molar-refractivity contribution in [3.8, 4) is 0 Å². The highest BCUT2D eigenvalue weighted by Gasteiger charge is 2.49. The molecular weight excluding hydrogens is 414 g/mol. The first-order valence-electron chi connectivity index (χ1n) is 11.9. The first-order valence-corrected chi connectivity index (χ1v) is 12.3. The fourth-order valence-corrected chi connectivity index (χ4v) is 6.04. The second kappa shape index (κ2) is 8.51. The maximum absolute atomic E-state index is 13.1. The number of amides is 1. The van der Waals surface area contributed by atoms with E-state index in [4.69, 9.17) is 12.2 Å². The Morgan fingerprint density at radius 3 is 2.25 bits per heavy atom. The molecule has 1 aliphatic carbocycles. The van der Waals surface area contributed by atoms with E-state index in [-0.39, 0.29) is 11.3 Å². The summed E-state index contributed by atoms with van der Waals surface area (Å²) in [4.78, 5) is 17.6. The second-order valence-electron chi connectivity index (χ2n) is 10.2. The van der Waals surface area contributed by atoms with Crippen LogP contribution < -0.4 is 5.32 Å². The highest BCUT2D eigenvalue weighted by Crippen LogP contribution is 2.50. The molecule has 3 aliphatic rings. The summed E-state index contributed by atoms with van der Waals surface area (Å²) in [6.07, 6.45) is 4.36. The van der Waals surface area contributed by atoms with E-state index in [1.807, 2.05) is 6.07 Å². The van der Waals surface area contributed by atoms with Crippen molar-refractivity contribution in [2.45, 2.75) is 45.4 Å². The van der Waals surface area contributed by atoms with Gasteiger partial charge in [0.2, 0.25) is 5.91 Å². The van der Waals surface area contributed by atoms with Gasteiger partial charge in [-0.2, -0.15) is 0 Å². The molecule has 1 saturated carbocycles. The topological polar surface area (TPSA) is 35.6 Å². The van der Waals surface area contributed by atoms with Crippen molar-refractivity contribution < 1.29 is 4.79 Å². The van der Waals surface area contributed by atoms with Gasteiger partial charge in [-0.25, -0.2) is 0 Å². The van der Waals surface area contributed by atoms with Crippen molar-refractivity contribution in [3.63, 3.8) is 0 Å². The lowest BCUT2D eigenvalue weighted by atomic mass is 9.78. The predicted molar refractivity (Wildman–Crippen MR) is 134 cm³/mol. The molecule has 2 aliphatic heterocycles. The van der Waals surface area contributed by atoms with Crippen LogP contribution in [-0.2, 0) is 4.79 Å². The highest BCUT2D eigenvalue weighted by molar-refractivity contribution is 7.80. The maximum Gasteiger partial charge on any atom is 0.226 e. The third-order valence-corrected chi connectivity index (χ3v) is 8.03. The normalized spacial score (nSPS) is 23.9. The molecule has 5 rings (SSSR count). The summed E-state index contributed by atoms with van der Waals surface area (Å²) in [7, 11) is 0. The van der Waals surface area contributed by atoms with Crippen LogP contribution in [0.4, 0.5) is 5.69 Å². The fourth-order valence-electron chi connectivity index (χ4n) is 5.74. The molecule has 2 aromatic carbocycles. The van der Waals surface area contributed by atoms with E-state index in [2.05, 4.69) is 71.4 Å². The number of likely N-dealkylation sites (tertiary alicyclic amines) is 2. The van der Waals surface area contributed by atoms with Gasteiger partial charge >= 0.3 is 0 Å². The highest BCUT2D eigenvalue weighted by atomic mass is 32.1. The number of carbonyl (C=O) groups excluding carboxylic acids is 1. The number of nitrogens with zero attached hydrogens (tertiary/aromatic N) is 2. The zero-order valence-electron chi connectivity index (χ0n) is 19.1. The first-order chi connectivity index (χ1) is 15.4. The van der Waals surface area contributed by atoms with Crippen LogP contribution in [0.5, 0.6) is 0 Å². The molecule has 0 radical (unpaired) electrons. The number of nitrogens with one attached hydrogen (secondary N) is 1. The lowest BCUT2D eigenvalue weighted by molar-refractivity contribution is -0.132. The Hall–Kier alpha value is -2.40.